The van der Waals surface area contributed by atoms with E-state index in [0.29, 0.717) is 24.8 Å². The lowest BCUT2D eigenvalue weighted by molar-refractivity contribution is -0.139. The summed E-state index contributed by atoms with van der Waals surface area (Å²) in [6.45, 7) is 6.79. The molecule has 0 spiro atoms. The van der Waals surface area contributed by atoms with Crippen molar-refractivity contribution in [2.75, 3.05) is 19.6 Å². The number of carbonyl (C=O) groups is 2. The van der Waals surface area contributed by atoms with Crippen LogP contribution in [0.5, 0.6) is 0 Å². The Morgan fingerprint density at radius 2 is 2.00 bits per heavy atom. The normalized spacial score (nSPS) is 28.7. The fraction of sp³-hybridized carbons (Fsp3) is 0.846. The molecule has 1 atom stereocenters. The first-order valence-electron chi connectivity index (χ1n) is 6.53. The van der Waals surface area contributed by atoms with Gasteiger partial charge in [-0.3, -0.25) is 9.59 Å². The van der Waals surface area contributed by atoms with Gasteiger partial charge >= 0.3 is 0 Å². The highest BCUT2D eigenvalue weighted by atomic mass is 16.2. The van der Waals surface area contributed by atoms with Crippen LogP contribution in [0.1, 0.15) is 39.5 Å². The van der Waals surface area contributed by atoms with Gasteiger partial charge in [-0.25, -0.2) is 0 Å². The Kier molecular flexibility index (Phi) is 3.40. The summed E-state index contributed by atoms with van der Waals surface area (Å²) in [6.07, 6.45) is 3.37. The monoisotopic (exact) mass is 238 g/mol. The van der Waals surface area contributed by atoms with Crippen LogP contribution in [0.2, 0.25) is 0 Å². The van der Waals surface area contributed by atoms with E-state index in [9.17, 15) is 9.59 Å². The molecule has 2 amide bonds. The minimum Gasteiger partial charge on any atom is -0.355 e. The van der Waals surface area contributed by atoms with Gasteiger partial charge in [-0.05, 0) is 24.7 Å². The minimum absolute atomic E-state index is 0.00825. The van der Waals surface area contributed by atoms with Gasteiger partial charge in [0.2, 0.25) is 11.8 Å². The van der Waals surface area contributed by atoms with Crippen LogP contribution in [0.25, 0.3) is 0 Å². The number of rotatable bonds is 1. The van der Waals surface area contributed by atoms with Gasteiger partial charge in [-0.1, -0.05) is 13.8 Å². The Morgan fingerprint density at radius 1 is 1.35 bits per heavy atom. The molecule has 0 aromatic carbocycles. The Morgan fingerprint density at radius 3 is 2.53 bits per heavy atom. The number of hydrogen-bond donors (Lipinski definition) is 1. The summed E-state index contributed by atoms with van der Waals surface area (Å²) in [5, 5.41) is 2.78. The van der Waals surface area contributed by atoms with Crippen molar-refractivity contribution in [1.82, 2.24) is 10.2 Å². The van der Waals surface area contributed by atoms with Gasteiger partial charge in [0.05, 0.1) is 5.92 Å². The van der Waals surface area contributed by atoms with Crippen LogP contribution in [0.15, 0.2) is 0 Å². The van der Waals surface area contributed by atoms with Gasteiger partial charge in [0, 0.05) is 26.1 Å². The van der Waals surface area contributed by atoms with Gasteiger partial charge in [-0.15, -0.1) is 0 Å². The van der Waals surface area contributed by atoms with Crippen molar-refractivity contribution >= 4 is 11.8 Å². The van der Waals surface area contributed by atoms with E-state index in [1.54, 1.807) is 0 Å². The average molecular weight is 238 g/mol. The molecular formula is C13H22N2O2. The number of nitrogens with zero attached hydrogens (tertiary/aromatic N) is 1. The predicted molar refractivity (Wildman–Crippen MR) is 65.3 cm³/mol. The molecule has 4 nitrogen and oxygen atoms in total. The van der Waals surface area contributed by atoms with Crippen molar-refractivity contribution in [3.63, 3.8) is 0 Å². The molecule has 2 saturated heterocycles. The van der Waals surface area contributed by atoms with E-state index in [1.807, 2.05) is 4.90 Å². The zero-order valence-corrected chi connectivity index (χ0v) is 10.8. The highest BCUT2D eigenvalue weighted by Gasteiger charge is 2.32. The molecule has 0 bridgehead atoms. The average Bonchev–Trinajstić information content (AvgIpc) is 2.29. The second-order valence-corrected chi connectivity index (χ2v) is 6.03. The van der Waals surface area contributed by atoms with Gasteiger partial charge in [0.15, 0.2) is 0 Å². The number of likely N-dealkylation sites (tertiary alicyclic amines) is 1. The van der Waals surface area contributed by atoms with Crippen LogP contribution in [0.4, 0.5) is 0 Å². The van der Waals surface area contributed by atoms with Crippen molar-refractivity contribution < 1.29 is 9.59 Å². The first-order chi connectivity index (χ1) is 7.98. The SMILES string of the molecule is CC1(C)CCN(C(=O)C2CCC(=O)NC2)CC1. The van der Waals surface area contributed by atoms with E-state index in [1.165, 1.54) is 0 Å². The highest BCUT2D eigenvalue weighted by Crippen LogP contribution is 2.30. The molecule has 0 radical (unpaired) electrons. The van der Waals surface area contributed by atoms with E-state index in [-0.39, 0.29) is 17.7 Å². The molecule has 1 unspecified atom stereocenters. The Balaban J connectivity index is 1.86. The summed E-state index contributed by atoms with van der Waals surface area (Å²) in [6, 6.07) is 0. The second-order valence-electron chi connectivity index (χ2n) is 6.03. The van der Waals surface area contributed by atoms with Crippen molar-refractivity contribution in [3.8, 4) is 0 Å². The standard InChI is InChI=1S/C13H22N2O2/c1-13(2)5-7-15(8-6-13)12(17)10-3-4-11(16)14-9-10/h10H,3-9H2,1-2H3,(H,14,16). The predicted octanol–water partition coefficient (Wildman–Crippen LogP) is 1.16. The molecule has 2 heterocycles. The topological polar surface area (TPSA) is 49.4 Å². The summed E-state index contributed by atoms with van der Waals surface area (Å²) >= 11 is 0. The maximum atomic E-state index is 12.2. The number of hydrogen-bond acceptors (Lipinski definition) is 2. The van der Waals surface area contributed by atoms with E-state index in [2.05, 4.69) is 19.2 Å². The third-order valence-electron chi connectivity index (χ3n) is 4.04. The van der Waals surface area contributed by atoms with E-state index in [4.69, 9.17) is 0 Å². The van der Waals surface area contributed by atoms with Gasteiger partial charge in [-0.2, -0.15) is 0 Å². The molecule has 2 aliphatic heterocycles. The summed E-state index contributed by atoms with van der Waals surface area (Å²) in [4.78, 5) is 25.3. The van der Waals surface area contributed by atoms with E-state index in [0.717, 1.165) is 25.9 Å². The molecule has 0 aliphatic carbocycles. The molecule has 1 N–H and O–H groups in total. The summed E-state index contributed by atoms with van der Waals surface area (Å²) in [5.74, 6) is 0.322. The van der Waals surface area contributed by atoms with E-state index >= 15 is 0 Å². The molecule has 4 heteroatoms. The lowest BCUT2D eigenvalue weighted by Crippen LogP contribution is -2.48. The smallest absolute Gasteiger partial charge is 0.227 e. The van der Waals surface area contributed by atoms with Crippen LogP contribution in [-0.2, 0) is 9.59 Å². The lowest BCUT2D eigenvalue weighted by Gasteiger charge is -2.38. The van der Waals surface area contributed by atoms with Crippen molar-refractivity contribution in [2.24, 2.45) is 11.3 Å². The van der Waals surface area contributed by atoms with Crippen molar-refractivity contribution in [2.45, 2.75) is 39.5 Å². The largest absolute Gasteiger partial charge is 0.355 e. The molecule has 2 fully saturated rings. The Hall–Kier alpha value is -1.06. The number of amides is 2. The lowest BCUT2D eigenvalue weighted by atomic mass is 9.82. The first-order valence-corrected chi connectivity index (χ1v) is 6.53. The quantitative estimate of drug-likeness (QED) is 0.745. The fourth-order valence-electron chi connectivity index (χ4n) is 2.53. The molecule has 96 valence electrons. The molecule has 0 saturated carbocycles. The van der Waals surface area contributed by atoms with Crippen LogP contribution >= 0.6 is 0 Å². The second kappa shape index (κ2) is 4.67. The highest BCUT2D eigenvalue weighted by molar-refractivity contribution is 5.83. The fourth-order valence-corrected chi connectivity index (χ4v) is 2.53. The third-order valence-corrected chi connectivity index (χ3v) is 4.04. The molecule has 2 rings (SSSR count). The van der Waals surface area contributed by atoms with Gasteiger partial charge < -0.3 is 10.2 Å². The van der Waals surface area contributed by atoms with Gasteiger partial charge in [0.25, 0.3) is 0 Å². The first kappa shape index (κ1) is 12.4. The van der Waals surface area contributed by atoms with Crippen LogP contribution < -0.4 is 5.32 Å². The van der Waals surface area contributed by atoms with Crippen LogP contribution in [0, 0.1) is 11.3 Å². The van der Waals surface area contributed by atoms with Crippen molar-refractivity contribution in [1.29, 1.82) is 0 Å². The number of piperidine rings is 2. The maximum Gasteiger partial charge on any atom is 0.227 e. The van der Waals surface area contributed by atoms with Crippen LogP contribution in [0.3, 0.4) is 0 Å². The zero-order valence-electron chi connectivity index (χ0n) is 10.8. The molecule has 2 aliphatic rings. The summed E-state index contributed by atoms with van der Waals surface area (Å²) in [7, 11) is 0. The molecule has 0 aromatic rings. The number of nitrogens with one attached hydrogen (secondary N) is 1. The van der Waals surface area contributed by atoms with Gasteiger partial charge in [0.1, 0.15) is 0 Å². The van der Waals surface area contributed by atoms with E-state index < -0.39 is 0 Å². The third kappa shape index (κ3) is 2.99. The molecule has 17 heavy (non-hydrogen) atoms. The zero-order chi connectivity index (χ0) is 12.5. The summed E-state index contributed by atoms with van der Waals surface area (Å²) in [5.41, 5.74) is 0.373. The molecule has 0 aromatic heterocycles. The minimum atomic E-state index is 0.00825. The van der Waals surface area contributed by atoms with Crippen LogP contribution in [-0.4, -0.2) is 36.3 Å². The summed E-state index contributed by atoms with van der Waals surface area (Å²) < 4.78 is 0. The number of carbonyl (C=O) groups excluding carboxylic acids is 2. The van der Waals surface area contributed by atoms with Crippen molar-refractivity contribution in [3.05, 3.63) is 0 Å². The Labute approximate surface area is 103 Å². The maximum absolute atomic E-state index is 12.2. The Bertz CT molecular complexity index is 305. The molecular weight excluding hydrogens is 216 g/mol.